The van der Waals surface area contributed by atoms with E-state index in [1.807, 2.05) is 31.2 Å². The molecule has 0 aliphatic carbocycles. The molecule has 1 spiro atoms. The van der Waals surface area contributed by atoms with Crippen molar-refractivity contribution < 1.29 is 29.0 Å². The molecule has 1 aromatic carbocycles. The van der Waals surface area contributed by atoms with Crippen molar-refractivity contribution >= 4 is 28.8 Å². The van der Waals surface area contributed by atoms with Crippen LogP contribution in [-0.4, -0.2) is 91.2 Å². The van der Waals surface area contributed by atoms with Gasteiger partial charge in [0.05, 0.1) is 30.2 Å². The molecule has 1 aromatic heterocycles. The Morgan fingerprint density at radius 1 is 1.28 bits per heavy atom. The van der Waals surface area contributed by atoms with Gasteiger partial charge in [0.15, 0.2) is 0 Å². The largest absolute Gasteiger partial charge is 0.465 e. The number of nitrogens with zero attached hydrogens (tertiary/aromatic N) is 5. The predicted molar refractivity (Wildman–Crippen MR) is 141 cm³/mol. The molecule has 2 bridgehead atoms. The maximum absolute atomic E-state index is 14.3. The van der Waals surface area contributed by atoms with Crippen LogP contribution >= 0.6 is 0 Å². The molecule has 2 unspecified atom stereocenters. The van der Waals surface area contributed by atoms with Crippen molar-refractivity contribution in [2.24, 2.45) is 11.8 Å². The van der Waals surface area contributed by atoms with Crippen LogP contribution in [0, 0.1) is 11.8 Å². The number of ether oxygens (including phenoxy) is 2. The standard InChI is InChI=1S/C28H35N5O6/c1-4-6-9-17-38-26(37)22-21-24(35)32(15-16-34)23(28(21)13-12-27(22,3)39-28)25(36)31(14-5-2)18-33-20-11-8-7-10-19(20)29-30-33/h4-5,7-8,10-11,21-23,34H,1-2,6,9,12-18H2,3H3/t21-,22-,23?,27+,28?/m0/s1. The Kier molecular flexibility index (Phi) is 7.30. The van der Waals surface area contributed by atoms with E-state index in [-0.39, 0.29) is 44.8 Å². The minimum atomic E-state index is -1.20. The number of amides is 2. The van der Waals surface area contributed by atoms with Gasteiger partial charge in [-0.15, -0.1) is 18.3 Å². The molecule has 11 heteroatoms. The topological polar surface area (TPSA) is 127 Å². The number of aliphatic hydroxyl groups excluding tert-OH is 1. The quantitative estimate of drug-likeness (QED) is 0.246. The molecule has 5 rings (SSSR count). The molecule has 0 saturated carbocycles. The highest BCUT2D eigenvalue weighted by Gasteiger charge is 2.78. The number of hydrogen-bond acceptors (Lipinski definition) is 8. The Bertz CT molecular complexity index is 1290. The fraction of sp³-hybridized carbons (Fsp3) is 0.536. The third-order valence-corrected chi connectivity index (χ3v) is 8.29. The first kappa shape index (κ1) is 27.0. The number of carbonyl (C=O) groups is 3. The summed E-state index contributed by atoms with van der Waals surface area (Å²) in [6.07, 6.45) is 5.65. The molecule has 39 heavy (non-hydrogen) atoms. The lowest BCUT2D eigenvalue weighted by Crippen LogP contribution is -2.56. The summed E-state index contributed by atoms with van der Waals surface area (Å²) in [5.74, 6) is -2.93. The van der Waals surface area contributed by atoms with Crippen molar-refractivity contribution in [2.45, 2.75) is 56.5 Å². The zero-order chi connectivity index (χ0) is 27.8. The Balaban J connectivity index is 1.47. The first-order valence-electron chi connectivity index (χ1n) is 13.4. The number of likely N-dealkylation sites (tertiary alicyclic amines) is 1. The number of β-amino-alcohol motifs (C(OH)–C–C–N with tert-alkyl or cyclic N) is 1. The predicted octanol–water partition coefficient (Wildman–Crippen LogP) is 1.67. The lowest BCUT2D eigenvalue weighted by atomic mass is 9.66. The van der Waals surface area contributed by atoms with E-state index >= 15 is 0 Å². The summed E-state index contributed by atoms with van der Waals surface area (Å²) in [5.41, 5.74) is -0.673. The van der Waals surface area contributed by atoms with Gasteiger partial charge in [0.1, 0.15) is 29.7 Å². The summed E-state index contributed by atoms with van der Waals surface area (Å²) in [4.78, 5) is 44.4. The second-order valence-corrected chi connectivity index (χ2v) is 10.6. The SMILES string of the molecule is C=CCCCOC(=O)[C@@H]1[C@H]2C(=O)N(CCO)C(C(=O)N(CC=C)Cn3nnc4ccccc43)C23CC[C@@]1(C)O3. The summed E-state index contributed by atoms with van der Waals surface area (Å²) >= 11 is 0. The summed E-state index contributed by atoms with van der Waals surface area (Å²) < 4.78 is 13.8. The Hall–Kier alpha value is -3.57. The summed E-state index contributed by atoms with van der Waals surface area (Å²) in [6.45, 7) is 9.42. The average molecular weight is 538 g/mol. The Labute approximate surface area is 227 Å². The molecule has 2 aromatic rings. The van der Waals surface area contributed by atoms with Gasteiger partial charge in [-0.25, -0.2) is 4.68 Å². The number of fused-ring (bicyclic) bond motifs is 2. The number of aromatic nitrogens is 3. The van der Waals surface area contributed by atoms with Crippen molar-refractivity contribution in [3.05, 3.63) is 49.6 Å². The van der Waals surface area contributed by atoms with Crippen LogP contribution in [0.15, 0.2) is 49.6 Å². The van der Waals surface area contributed by atoms with Gasteiger partial charge in [0.25, 0.3) is 0 Å². The van der Waals surface area contributed by atoms with E-state index in [4.69, 9.17) is 9.47 Å². The van der Waals surface area contributed by atoms with Crippen LogP contribution in [-0.2, 0) is 30.5 Å². The zero-order valence-corrected chi connectivity index (χ0v) is 22.2. The van der Waals surface area contributed by atoms with E-state index < -0.39 is 35.0 Å². The molecule has 1 N–H and O–H groups in total. The molecular weight excluding hydrogens is 502 g/mol. The third-order valence-electron chi connectivity index (χ3n) is 8.29. The van der Waals surface area contributed by atoms with E-state index in [9.17, 15) is 19.5 Å². The molecule has 3 aliphatic heterocycles. The van der Waals surface area contributed by atoms with Crippen LogP contribution in [0.25, 0.3) is 11.0 Å². The van der Waals surface area contributed by atoms with Crippen molar-refractivity contribution in [3.8, 4) is 0 Å². The van der Waals surface area contributed by atoms with Crippen molar-refractivity contribution in [1.29, 1.82) is 0 Å². The van der Waals surface area contributed by atoms with Crippen molar-refractivity contribution in [2.75, 3.05) is 26.3 Å². The number of allylic oxidation sites excluding steroid dienone is 1. The molecule has 3 saturated heterocycles. The van der Waals surface area contributed by atoms with Crippen molar-refractivity contribution in [3.63, 3.8) is 0 Å². The summed E-state index contributed by atoms with van der Waals surface area (Å²) in [5, 5.41) is 18.2. The number of aliphatic hydroxyl groups is 1. The van der Waals surface area contributed by atoms with Crippen LogP contribution in [0.4, 0.5) is 0 Å². The van der Waals surface area contributed by atoms with Gasteiger partial charge in [-0.05, 0) is 44.7 Å². The van der Waals surface area contributed by atoms with Gasteiger partial charge < -0.3 is 24.4 Å². The fourth-order valence-corrected chi connectivity index (χ4v) is 6.63. The van der Waals surface area contributed by atoms with Crippen LogP contribution in [0.3, 0.4) is 0 Å². The minimum absolute atomic E-state index is 0.0527. The molecule has 3 aliphatic rings. The lowest BCUT2D eigenvalue weighted by Gasteiger charge is -2.36. The average Bonchev–Trinajstić information content (AvgIpc) is 3.62. The highest BCUT2D eigenvalue weighted by molar-refractivity contribution is 5.98. The number of carbonyl (C=O) groups excluding carboxylic acids is 3. The highest BCUT2D eigenvalue weighted by Crippen LogP contribution is 2.63. The van der Waals surface area contributed by atoms with Gasteiger partial charge in [-0.2, -0.15) is 0 Å². The highest BCUT2D eigenvalue weighted by atomic mass is 16.6. The number of unbranched alkanes of at least 4 members (excludes halogenated alkanes) is 1. The molecule has 4 heterocycles. The summed E-state index contributed by atoms with van der Waals surface area (Å²) in [7, 11) is 0. The van der Waals surface area contributed by atoms with E-state index in [0.717, 1.165) is 5.52 Å². The molecular formula is C28H35N5O6. The number of benzene rings is 1. The molecule has 3 fully saturated rings. The smallest absolute Gasteiger partial charge is 0.312 e. The van der Waals surface area contributed by atoms with Crippen molar-refractivity contribution in [1.82, 2.24) is 24.8 Å². The fourth-order valence-electron chi connectivity index (χ4n) is 6.63. The van der Waals surface area contributed by atoms with E-state index in [1.54, 1.807) is 21.7 Å². The summed E-state index contributed by atoms with van der Waals surface area (Å²) in [6, 6.07) is 6.41. The van der Waals surface area contributed by atoms with Gasteiger partial charge in [0, 0.05) is 13.1 Å². The number of hydrogen-bond donors (Lipinski definition) is 1. The number of para-hydroxylation sites is 1. The van der Waals surface area contributed by atoms with Crippen LogP contribution in [0.5, 0.6) is 0 Å². The molecule has 5 atom stereocenters. The van der Waals surface area contributed by atoms with Crippen LogP contribution in [0.1, 0.15) is 32.6 Å². The molecule has 0 radical (unpaired) electrons. The number of esters is 1. The molecule has 208 valence electrons. The monoisotopic (exact) mass is 537 g/mol. The lowest BCUT2D eigenvalue weighted by molar-refractivity contribution is -0.160. The maximum Gasteiger partial charge on any atom is 0.312 e. The molecule has 11 nitrogen and oxygen atoms in total. The van der Waals surface area contributed by atoms with Gasteiger partial charge >= 0.3 is 5.97 Å². The van der Waals surface area contributed by atoms with E-state index in [2.05, 4.69) is 23.5 Å². The van der Waals surface area contributed by atoms with Crippen LogP contribution < -0.4 is 0 Å². The van der Waals surface area contributed by atoms with Gasteiger partial charge in [-0.3, -0.25) is 14.4 Å². The van der Waals surface area contributed by atoms with Gasteiger partial charge in [-0.1, -0.05) is 29.5 Å². The second-order valence-electron chi connectivity index (χ2n) is 10.6. The van der Waals surface area contributed by atoms with E-state index in [0.29, 0.717) is 31.2 Å². The van der Waals surface area contributed by atoms with Gasteiger partial charge in [0.2, 0.25) is 11.8 Å². The first-order valence-corrected chi connectivity index (χ1v) is 13.4. The van der Waals surface area contributed by atoms with E-state index in [1.165, 1.54) is 4.90 Å². The molecule has 2 amide bonds. The van der Waals surface area contributed by atoms with Crippen LogP contribution in [0.2, 0.25) is 0 Å². The first-order chi connectivity index (χ1) is 18.8. The number of rotatable bonds is 12. The maximum atomic E-state index is 14.3. The zero-order valence-electron chi connectivity index (χ0n) is 22.2. The minimum Gasteiger partial charge on any atom is -0.465 e. The third kappa shape index (κ3) is 4.33. The Morgan fingerprint density at radius 2 is 2.08 bits per heavy atom. The second kappa shape index (κ2) is 10.5. The Morgan fingerprint density at radius 3 is 2.82 bits per heavy atom. The normalized spacial score (nSPS) is 29.0.